The number of hydrogen-bond acceptors (Lipinski definition) is 5. The van der Waals surface area contributed by atoms with Crippen LogP contribution in [0, 0.1) is 23.7 Å². The molecule has 1 saturated heterocycles. The Labute approximate surface area is 150 Å². The average Bonchev–Trinajstić information content (AvgIpc) is 2.91. The molecule has 0 spiro atoms. The summed E-state index contributed by atoms with van der Waals surface area (Å²) >= 11 is 1.20. The minimum atomic E-state index is -0.584. The summed E-state index contributed by atoms with van der Waals surface area (Å²) < 4.78 is 0. The van der Waals surface area contributed by atoms with Crippen molar-refractivity contribution in [1.29, 1.82) is 5.26 Å². The van der Waals surface area contributed by atoms with Crippen molar-refractivity contribution >= 4 is 23.6 Å². The summed E-state index contributed by atoms with van der Waals surface area (Å²) in [6.07, 6.45) is 5.55. The number of phenolic OH excluding ortho intramolecular Hbond substituents is 1. The van der Waals surface area contributed by atoms with Gasteiger partial charge >= 0.3 is 0 Å². The van der Waals surface area contributed by atoms with Gasteiger partial charge in [0.05, 0.1) is 11.8 Å². The van der Waals surface area contributed by atoms with Crippen LogP contribution in [0.4, 0.5) is 0 Å². The maximum Gasteiger partial charge on any atom is 0.265 e. The lowest BCUT2D eigenvalue weighted by Crippen LogP contribution is -2.32. The molecule has 2 rings (SSSR count). The number of thioether (sulfide) groups is 1. The normalized spacial score (nSPS) is 18.4. The number of phenols is 1. The molecule has 1 aromatic rings. The lowest BCUT2D eigenvalue weighted by atomic mass is 10.1. The highest BCUT2D eigenvalue weighted by atomic mass is 32.2. The van der Waals surface area contributed by atoms with Gasteiger partial charge in [0.2, 0.25) is 5.91 Å². The molecule has 1 aliphatic rings. The van der Waals surface area contributed by atoms with E-state index < -0.39 is 11.2 Å². The zero-order valence-corrected chi connectivity index (χ0v) is 14.5. The standard InChI is InChI=1S/C18H17N3O3S/c1-3-9-20-16(23)14(11-19)18-21(4-2)17(24)15(25-18)10-12-5-7-13(22)8-6-12/h1,5-8,15,22H,4,9-10H2,2H3,(H,20,23)/b18-14-/t15-/m1/s1. The largest absolute Gasteiger partial charge is 0.508 e. The first kappa shape index (κ1) is 18.4. The topological polar surface area (TPSA) is 93.4 Å². The van der Waals surface area contributed by atoms with E-state index in [0.29, 0.717) is 18.0 Å². The molecule has 1 heterocycles. The number of nitrogens with zero attached hydrogens (tertiary/aromatic N) is 2. The summed E-state index contributed by atoms with van der Waals surface area (Å²) in [6.45, 7) is 2.16. The molecule has 0 aliphatic carbocycles. The number of terminal acetylenes is 1. The summed E-state index contributed by atoms with van der Waals surface area (Å²) in [5.41, 5.74) is 0.778. The Kier molecular flexibility index (Phi) is 6.10. The second kappa shape index (κ2) is 8.27. The molecule has 6 nitrogen and oxygen atoms in total. The predicted octanol–water partition coefficient (Wildman–Crippen LogP) is 1.38. The summed E-state index contributed by atoms with van der Waals surface area (Å²) in [7, 11) is 0. The predicted molar refractivity (Wildman–Crippen MR) is 95.1 cm³/mol. The van der Waals surface area contributed by atoms with E-state index in [4.69, 9.17) is 6.42 Å². The molecule has 1 aromatic carbocycles. The van der Waals surface area contributed by atoms with Crippen molar-refractivity contribution in [3.8, 4) is 24.2 Å². The summed E-state index contributed by atoms with van der Waals surface area (Å²) in [5, 5.41) is 21.1. The molecule has 0 saturated carbocycles. The highest BCUT2D eigenvalue weighted by Crippen LogP contribution is 2.38. The van der Waals surface area contributed by atoms with Gasteiger partial charge in [-0.1, -0.05) is 29.8 Å². The van der Waals surface area contributed by atoms with E-state index in [-0.39, 0.29) is 23.8 Å². The van der Waals surface area contributed by atoms with E-state index in [1.165, 1.54) is 16.7 Å². The van der Waals surface area contributed by atoms with Crippen LogP contribution in [0.3, 0.4) is 0 Å². The van der Waals surface area contributed by atoms with Crippen molar-refractivity contribution in [2.75, 3.05) is 13.1 Å². The molecular formula is C18H17N3O3S. The third kappa shape index (κ3) is 4.14. The van der Waals surface area contributed by atoms with Gasteiger partial charge in [0.1, 0.15) is 22.4 Å². The first-order chi connectivity index (χ1) is 12.0. The molecule has 2 N–H and O–H groups in total. The second-order valence-corrected chi connectivity index (χ2v) is 6.43. The fraction of sp³-hybridized carbons (Fsp3) is 0.278. The number of carbonyl (C=O) groups is 2. The third-order valence-corrected chi connectivity index (χ3v) is 4.92. The van der Waals surface area contributed by atoms with Crippen molar-refractivity contribution in [2.24, 2.45) is 0 Å². The molecule has 0 radical (unpaired) electrons. The molecule has 2 amide bonds. The Morgan fingerprint density at radius 3 is 2.68 bits per heavy atom. The van der Waals surface area contributed by atoms with Gasteiger partial charge < -0.3 is 15.3 Å². The number of carbonyl (C=O) groups excluding carboxylic acids is 2. The van der Waals surface area contributed by atoms with Crippen LogP contribution in [-0.2, 0) is 16.0 Å². The molecule has 0 bridgehead atoms. The quantitative estimate of drug-likeness (QED) is 0.473. The van der Waals surface area contributed by atoms with Crippen LogP contribution in [-0.4, -0.2) is 40.2 Å². The number of benzene rings is 1. The van der Waals surface area contributed by atoms with Gasteiger partial charge in [-0.2, -0.15) is 5.26 Å². The van der Waals surface area contributed by atoms with Crippen molar-refractivity contribution in [1.82, 2.24) is 10.2 Å². The zero-order chi connectivity index (χ0) is 18.4. The molecule has 128 valence electrons. The van der Waals surface area contributed by atoms with Gasteiger partial charge in [-0.15, -0.1) is 6.42 Å². The van der Waals surface area contributed by atoms with E-state index in [1.54, 1.807) is 31.2 Å². The van der Waals surface area contributed by atoms with Crippen LogP contribution in [0.15, 0.2) is 34.9 Å². The Balaban J connectivity index is 2.27. The first-order valence-corrected chi connectivity index (χ1v) is 8.51. The van der Waals surface area contributed by atoms with Gasteiger partial charge in [-0.3, -0.25) is 9.59 Å². The van der Waals surface area contributed by atoms with Crippen LogP contribution >= 0.6 is 11.8 Å². The highest BCUT2D eigenvalue weighted by molar-refractivity contribution is 8.04. The lowest BCUT2D eigenvalue weighted by Gasteiger charge is -2.15. The number of hydrogen-bond donors (Lipinski definition) is 2. The van der Waals surface area contributed by atoms with Crippen molar-refractivity contribution in [2.45, 2.75) is 18.6 Å². The van der Waals surface area contributed by atoms with E-state index in [0.717, 1.165) is 5.56 Å². The average molecular weight is 355 g/mol. The lowest BCUT2D eigenvalue weighted by molar-refractivity contribution is -0.127. The van der Waals surface area contributed by atoms with Crippen LogP contribution in [0.2, 0.25) is 0 Å². The van der Waals surface area contributed by atoms with Crippen molar-refractivity contribution in [3.05, 3.63) is 40.4 Å². The molecular weight excluding hydrogens is 338 g/mol. The van der Waals surface area contributed by atoms with Gasteiger partial charge in [0.15, 0.2) is 0 Å². The Morgan fingerprint density at radius 2 is 2.12 bits per heavy atom. The van der Waals surface area contributed by atoms with Crippen LogP contribution in [0.25, 0.3) is 0 Å². The minimum absolute atomic E-state index is 0.0129. The summed E-state index contributed by atoms with van der Waals surface area (Å²) in [4.78, 5) is 26.2. The van der Waals surface area contributed by atoms with E-state index in [9.17, 15) is 20.0 Å². The maximum atomic E-state index is 12.6. The molecule has 7 heteroatoms. The van der Waals surface area contributed by atoms with Gasteiger partial charge in [-0.05, 0) is 31.0 Å². The van der Waals surface area contributed by atoms with Crippen LogP contribution < -0.4 is 5.32 Å². The van der Waals surface area contributed by atoms with Crippen molar-refractivity contribution in [3.63, 3.8) is 0 Å². The molecule has 25 heavy (non-hydrogen) atoms. The minimum Gasteiger partial charge on any atom is -0.508 e. The number of rotatable bonds is 5. The second-order valence-electron chi connectivity index (χ2n) is 5.24. The highest BCUT2D eigenvalue weighted by Gasteiger charge is 2.38. The maximum absolute atomic E-state index is 12.6. The fourth-order valence-corrected chi connectivity index (χ4v) is 3.78. The number of amides is 2. The zero-order valence-electron chi connectivity index (χ0n) is 13.7. The van der Waals surface area contributed by atoms with Gasteiger partial charge in [0, 0.05) is 6.54 Å². The van der Waals surface area contributed by atoms with Crippen molar-refractivity contribution < 1.29 is 14.7 Å². The monoisotopic (exact) mass is 355 g/mol. The van der Waals surface area contributed by atoms with Gasteiger partial charge in [0.25, 0.3) is 5.91 Å². The fourth-order valence-electron chi connectivity index (χ4n) is 2.41. The Bertz CT molecular complexity index is 787. The SMILES string of the molecule is C#CCNC(=O)/C(C#N)=C1\S[C@H](Cc2ccc(O)cc2)C(=O)N1CC. The molecule has 1 fully saturated rings. The van der Waals surface area contributed by atoms with Gasteiger partial charge in [-0.25, -0.2) is 0 Å². The summed E-state index contributed by atoms with van der Waals surface area (Å²) in [6, 6.07) is 8.48. The Hall–Kier alpha value is -2.90. The van der Waals surface area contributed by atoms with Crippen LogP contribution in [0.1, 0.15) is 12.5 Å². The molecule has 1 aliphatic heterocycles. The third-order valence-electron chi connectivity index (χ3n) is 3.62. The number of nitriles is 1. The molecule has 0 unspecified atom stereocenters. The smallest absolute Gasteiger partial charge is 0.265 e. The molecule has 0 aromatic heterocycles. The first-order valence-electron chi connectivity index (χ1n) is 7.63. The molecule has 1 atom stereocenters. The summed E-state index contributed by atoms with van der Waals surface area (Å²) in [5.74, 6) is 1.70. The van der Waals surface area contributed by atoms with Crippen LogP contribution in [0.5, 0.6) is 5.75 Å². The Morgan fingerprint density at radius 1 is 1.44 bits per heavy atom. The number of aromatic hydroxyl groups is 1. The van der Waals surface area contributed by atoms with E-state index in [1.807, 2.05) is 6.07 Å². The number of nitrogens with one attached hydrogen (secondary N) is 1. The van der Waals surface area contributed by atoms with E-state index >= 15 is 0 Å². The van der Waals surface area contributed by atoms with E-state index in [2.05, 4.69) is 11.2 Å².